The minimum absolute atomic E-state index is 0.360. The van der Waals surface area contributed by atoms with Gasteiger partial charge in [0, 0.05) is 6.61 Å². The largest absolute Gasteiger partial charge is 0.396 e. The number of aliphatic hydroxyl groups is 1. The Morgan fingerprint density at radius 2 is 1.46 bits per heavy atom. The fourth-order valence-corrected chi connectivity index (χ4v) is 1.62. The van der Waals surface area contributed by atoms with Crippen molar-refractivity contribution in [2.75, 3.05) is 6.61 Å². The molecule has 1 heteroatoms. The van der Waals surface area contributed by atoms with Crippen LogP contribution < -0.4 is 0 Å². The van der Waals surface area contributed by atoms with Crippen LogP contribution in [0.25, 0.3) is 0 Å². The van der Waals surface area contributed by atoms with Crippen LogP contribution in [0, 0.1) is 11.8 Å². The topological polar surface area (TPSA) is 20.2 Å². The third kappa shape index (κ3) is 9.88. The van der Waals surface area contributed by atoms with Gasteiger partial charge in [-0.15, -0.1) is 0 Å². The number of aliphatic hydroxyl groups excluding tert-OH is 1. The van der Waals surface area contributed by atoms with Crippen LogP contribution >= 0.6 is 0 Å². The van der Waals surface area contributed by atoms with Crippen molar-refractivity contribution in [2.45, 2.75) is 59.3 Å². The molecule has 0 fully saturated rings. The summed E-state index contributed by atoms with van der Waals surface area (Å²) in [5.74, 6) is 1.70. The summed E-state index contributed by atoms with van der Waals surface area (Å²) in [6, 6.07) is 0. The highest BCUT2D eigenvalue weighted by Crippen LogP contribution is 2.17. The number of rotatable bonds is 8. The zero-order valence-electron chi connectivity index (χ0n) is 9.55. The Kier molecular flexibility index (Phi) is 8.53. The van der Waals surface area contributed by atoms with Crippen molar-refractivity contribution >= 4 is 0 Å². The summed E-state index contributed by atoms with van der Waals surface area (Å²) in [4.78, 5) is 0. The first-order valence-corrected chi connectivity index (χ1v) is 5.77. The minimum atomic E-state index is 0.360. The Bertz CT molecular complexity index is 99.3. The molecule has 0 aliphatic heterocycles. The Hall–Kier alpha value is -0.0400. The van der Waals surface area contributed by atoms with Gasteiger partial charge < -0.3 is 5.11 Å². The highest BCUT2D eigenvalue weighted by molar-refractivity contribution is 4.55. The second-order valence-electron chi connectivity index (χ2n) is 4.65. The first-order chi connectivity index (χ1) is 6.16. The lowest BCUT2D eigenvalue weighted by molar-refractivity contribution is 0.277. The summed E-state index contributed by atoms with van der Waals surface area (Å²) in [5, 5.41) is 8.63. The average molecular weight is 186 g/mol. The van der Waals surface area contributed by atoms with Gasteiger partial charge in [-0.1, -0.05) is 52.9 Å². The fourth-order valence-electron chi connectivity index (χ4n) is 1.62. The zero-order chi connectivity index (χ0) is 10.1. The van der Waals surface area contributed by atoms with Crippen molar-refractivity contribution in [3.05, 3.63) is 0 Å². The van der Waals surface area contributed by atoms with Gasteiger partial charge in [0.25, 0.3) is 0 Å². The summed E-state index contributed by atoms with van der Waals surface area (Å²) >= 11 is 0. The molecule has 1 nitrogen and oxygen atoms in total. The summed E-state index contributed by atoms with van der Waals surface area (Å²) < 4.78 is 0. The second-order valence-corrected chi connectivity index (χ2v) is 4.65. The number of unbranched alkanes of at least 4 members (excludes halogenated alkanes) is 1. The Morgan fingerprint density at radius 3 is 2.00 bits per heavy atom. The van der Waals surface area contributed by atoms with E-state index in [9.17, 15) is 0 Å². The molecule has 1 atom stereocenters. The van der Waals surface area contributed by atoms with Crippen LogP contribution in [0.5, 0.6) is 0 Å². The van der Waals surface area contributed by atoms with E-state index in [4.69, 9.17) is 5.11 Å². The highest BCUT2D eigenvalue weighted by Gasteiger charge is 2.02. The Balaban J connectivity index is 3.15. The van der Waals surface area contributed by atoms with Crippen LogP contribution in [-0.4, -0.2) is 11.7 Å². The van der Waals surface area contributed by atoms with Crippen LogP contribution in [0.2, 0.25) is 0 Å². The quantitative estimate of drug-likeness (QED) is 0.574. The fraction of sp³-hybridized carbons (Fsp3) is 1.00. The summed E-state index contributed by atoms with van der Waals surface area (Å²) in [6.07, 6.45) is 7.57. The molecular weight excluding hydrogens is 160 g/mol. The van der Waals surface area contributed by atoms with Crippen LogP contribution in [0.1, 0.15) is 59.3 Å². The molecule has 0 amide bonds. The highest BCUT2D eigenvalue weighted by atomic mass is 16.2. The SMILES string of the molecule is CC(C)CCCC(C)CCCCO. The van der Waals surface area contributed by atoms with Crippen molar-refractivity contribution in [3.63, 3.8) is 0 Å². The van der Waals surface area contributed by atoms with E-state index >= 15 is 0 Å². The molecule has 80 valence electrons. The van der Waals surface area contributed by atoms with Crippen molar-refractivity contribution in [3.8, 4) is 0 Å². The van der Waals surface area contributed by atoms with Gasteiger partial charge >= 0.3 is 0 Å². The van der Waals surface area contributed by atoms with E-state index in [2.05, 4.69) is 20.8 Å². The van der Waals surface area contributed by atoms with E-state index in [0.29, 0.717) is 6.61 Å². The molecule has 0 heterocycles. The molecule has 1 unspecified atom stereocenters. The maximum Gasteiger partial charge on any atom is 0.0431 e. The van der Waals surface area contributed by atoms with E-state index in [1.807, 2.05) is 0 Å². The van der Waals surface area contributed by atoms with Gasteiger partial charge in [-0.25, -0.2) is 0 Å². The summed E-state index contributed by atoms with van der Waals surface area (Å²) in [7, 11) is 0. The normalized spacial score (nSPS) is 13.6. The number of hydrogen-bond donors (Lipinski definition) is 1. The predicted molar refractivity (Wildman–Crippen MR) is 58.8 cm³/mol. The van der Waals surface area contributed by atoms with E-state index in [0.717, 1.165) is 18.3 Å². The van der Waals surface area contributed by atoms with Crippen LogP contribution in [0.3, 0.4) is 0 Å². The average Bonchev–Trinajstić information content (AvgIpc) is 2.04. The third-order valence-electron chi connectivity index (χ3n) is 2.58. The first kappa shape index (κ1) is 13.0. The standard InChI is InChI=1S/C12H26O/c1-11(2)7-6-9-12(3)8-4-5-10-13/h11-13H,4-10H2,1-3H3. The Morgan fingerprint density at radius 1 is 0.846 bits per heavy atom. The third-order valence-corrected chi connectivity index (χ3v) is 2.58. The molecule has 0 aromatic rings. The lowest BCUT2D eigenvalue weighted by atomic mass is 9.95. The molecule has 1 N–H and O–H groups in total. The molecule has 0 aromatic carbocycles. The predicted octanol–water partition coefficient (Wildman–Crippen LogP) is 3.61. The van der Waals surface area contributed by atoms with Crippen LogP contribution in [0.15, 0.2) is 0 Å². The monoisotopic (exact) mass is 186 g/mol. The number of hydrogen-bond acceptors (Lipinski definition) is 1. The van der Waals surface area contributed by atoms with Gasteiger partial charge in [0.1, 0.15) is 0 Å². The van der Waals surface area contributed by atoms with Gasteiger partial charge in [0.15, 0.2) is 0 Å². The van der Waals surface area contributed by atoms with Gasteiger partial charge in [-0.3, -0.25) is 0 Å². The van der Waals surface area contributed by atoms with Crippen LogP contribution in [-0.2, 0) is 0 Å². The van der Waals surface area contributed by atoms with Crippen molar-refractivity contribution in [2.24, 2.45) is 11.8 Å². The van der Waals surface area contributed by atoms with Gasteiger partial charge in [-0.05, 0) is 18.3 Å². The van der Waals surface area contributed by atoms with E-state index in [1.54, 1.807) is 0 Å². The Labute approximate surface area is 83.5 Å². The van der Waals surface area contributed by atoms with Crippen molar-refractivity contribution in [1.29, 1.82) is 0 Å². The van der Waals surface area contributed by atoms with Crippen molar-refractivity contribution in [1.82, 2.24) is 0 Å². The molecule has 0 rings (SSSR count). The van der Waals surface area contributed by atoms with Crippen molar-refractivity contribution < 1.29 is 5.11 Å². The molecule has 13 heavy (non-hydrogen) atoms. The van der Waals surface area contributed by atoms with Crippen LogP contribution in [0.4, 0.5) is 0 Å². The first-order valence-electron chi connectivity index (χ1n) is 5.77. The lowest BCUT2D eigenvalue weighted by Crippen LogP contribution is -1.97. The van der Waals surface area contributed by atoms with Gasteiger partial charge in [-0.2, -0.15) is 0 Å². The zero-order valence-corrected chi connectivity index (χ0v) is 9.55. The molecule has 0 saturated carbocycles. The molecule has 0 radical (unpaired) electrons. The second kappa shape index (κ2) is 8.55. The van der Waals surface area contributed by atoms with Gasteiger partial charge in [0.05, 0.1) is 0 Å². The smallest absolute Gasteiger partial charge is 0.0431 e. The molecule has 0 bridgehead atoms. The maximum atomic E-state index is 8.63. The summed E-state index contributed by atoms with van der Waals surface area (Å²) in [6.45, 7) is 7.27. The molecule has 0 aliphatic rings. The maximum absolute atomic E-state index is 8.63. The van der Waals surface area contributed by atoms with Gasteiger partial charge in [0.2, 0.25) is 0 Å². The lowest BCUT2D eigenvalue weighted by Gasteiger charge is -2.11. The minimum Gasteiger partial charge on any atom is -0.396 e. The summed E-state index contributed by atoms with van der Waals surface area (Å²) in [5.41, 5.74) is 0. The molecular formula is C12H26O. The van der Waals surface area contributed by atoms with E-state index < -0.39 is 0 Å². The molecule has 0 aliphatic carbocycles. The van der Waals surface area contributed by atoms with E-state index in [1.165, 1.54) is 32.1 Å². The molecule has 0 spiro atoms. The molecule has 0 aromatic heterocycles. The van der Waals surface area contributed by atoms with E-state index in [-0.39, 0.29) is 0 Å². The molecule has 0 saturated heterocycles.